The zero-order chi connectivity index (χ0) is 29.9. The van der Waals surface area contributed by atoms with Gasteiger partial charge in [0.25, 0.3) is 0 Å². The van der Waals surface area contributed by atoms with Crippen LogP contribution in [0.4, 0.5) is 5.69 Å². The Morgan fingerprint density at radius 2 is 1.95 bits per heavy atom. The molecule has 2 unspecified atom stereocenters. The van der Waals surface area contributed by atoms with Crippen LogP contribution in [0, 0.1) is 13.8 Å². The summed E-state index contributed by atoms with van der Waals surface area (Å²) < 4.78 is 22.3. The number of fused-ring (bicyclic) bond motifs is 1. The van der Waals surface area contributed by atoms with E-state index >= 15 is 0 Å². The predicted molar refractivity (Wildman–Crippen MR) is 171 cm³/mol. The number of ether oxygens (including phenoxy) is 3. The van der Waals surface area contributed by atoms with Crippen LogP contribution in [0.5, 0.6) is 11.5 Å². The highest BCUT2D eigenvalue weighted by atomic mass is 35.5. The first-order valence-corrected chi connectivity index (χ1v) is 15.9. The fraction of sp³-hybridized carbons (Fsp3) is 0.394. The first-order chi connectivity index (χ1) is 19.4. The maximum atomic E-state index is 12.9. The maximum absolute atomic E-state index is 12.9. The number of benzene rings is 3. The minimum Gasteiger partial charge on any atom is -0.493 e. The number of anilines is 1. The Balaban J connectivity index is 2.01. The molecule has 0 fully saturated rings. The quantitative estimate of drug-likeness (QED) is 0.241. The van der Waals surface area contributed by atoms with E-state index in [2.05, 4.69) is 22.4 Å². The van der Waals surface area contributed by atoms with E-state index in [1.54, 1.807) is 0 Å². The Hall–Kier alpha value is -3.00. The Morgan fingerprint density at radius 3 is 2.61 bits per heavy atom. The van der Waals surface area contributed by atoms with E-state index in [9.17, 15) is 9.90 Å². The van der Waals surface area contributed by atoms with E-state index < -0.39 is 17.7 Å². The van der Waals surface area contributed by atoms with E-state index in [-0.39, 0.29) is 10.7 Å². The lowest BCUT2D eigenvalue weighted by atomic mass is 9.85. The molecule has 1 aliphatic rings. The third-order valence-electron chi connectivity index (χ3n) is 7.03. The van der Waals surface area contributed by atoms with Crippen molar-refractivity contribution in [2.45, 2.75) is 72.7 Å². The summed E-state index contributed by atoms with van der Waals surface area (Å²) >= 11 is 6.25. The average molecular weight is 598 g/mol. The molecule has 1 aliphatic heterocycles. The van der Waals surface area contributed by atoms with Crippen molar-refractivity contribution in [3.05, 3.63) is 75.3 Å². The fourth-order valence-electron chi connectivity index (χ4n) is 5.10. The molecular weight excluding hydrogens is 558 g/mol. The molecule has 0 amide bonds. The Kier molecular flexibility index (Phi) is 9.73. The monoisotopic (exact) mass is 597 g/mol. The Bertz CT molecular complexity index is 1480. The second-order valence-electron chi connectivity index (χ2n) is 11.3. The Morgan fingerprint density at radius 1 is 1.20 bits per heavy atom. The normalized spacial score (nSPS) is 14.6. The van der Waals surface area contributed by atoms with Gasteiger partial charge in [0.05, 0.1) is 17.9 Å². The minimum absolute atomic E-state index is 0.294. The van der Waals surface area contributed by atoms with Crippen molar-refractivity contribution in [3.63, 3.8) is 0 Å². The van der Waals surface area contributed by atoms with E-state index in [1.165, 1.54) is 0 Å². The summed E-state index contributed by atoms with van der Waals surface area (Å²) in [7, 11) is -0.294. The van der Waals surface area contributed by atoms with Gasteiger partial charge in [0.1, 0.15) is 18.1 Å². The van der Waals surface area contributed by atoms with Crippen molar-refractivity contribution in [1.82, 2.24) is 0 Å². The molecule has 3 aromatic rings. The van der Waals surface area contributed by atoms with Crippen LogP contribution >= 0.6 is 22.3 Å². The molecule has 3 aromatic carbocycles. The number of hydrogen-bond acceptors (Lipinski definition) is 5. The summed E-state index contributed by atoms with van der Waals surface area (Å²) in [4.78, 5) is 12.9. The lowest BCUT2D eigenvalue weighted by Crippen LogP contribution is -2.28. The molecule has 1 heterocycles. The highest BCUT2D eigenvalue weighted by Crippen LogP contribution is 2.48. The number of halogens is 1. The van der Waals surface area contributed by atoms with Crippen molar-refractivity contribution < 1.29 is 24.1 Å². The molecule has 0 aromatic heterocycles. The molecule has 2 N–H and O–H groups in total. The van der Waals surface area contributed by atoms with E-state index in [4.69, 9.17) is 25.8 Å². The molecule has 0 aliphatic carbocycles. The molecule has 8 heteroatoms. The first-order valence-electron chi connectivity index (χ1n) is 13.8. The van der Waals surface area contributed by atoms with Crippen LogP contribution in [0.2, 0.25) is 5.02 Å². The minimum atomic E-state index is -1.19. The van der Waals surface area contributed by atoms with Gasteiger partial charge < -0.3 is 24.0 Å². The SMILES string of the molecule is C/C=S(\C)Nc1c(C)c(C(OC(C)(C)C)C(=O)O)c(-c2ccc3c(c2)CCCO3)c(C)c1OCc1cccc(Cl)c1. The topological polar surface area (TPSA) is 77.0 Å². The van der Waals surface area contributed by atoms with Gasteiger partial charge in [-0.25, -0.2) is 4.79 Å². The number of aryl methyl sites for hydroxylation is 1. The largest absolute Gasteiger partial charge is 0.493 e. The maximum Gasteiger partial charge on any atom is 0.337 e. The van der Waals surface area contributed by atoms with Crippen molar-refractivity contribution in [3.8, 4) is 22.6 Å². The molecule has 0 saturated carbocycles. The number of rotatable bonds is 9. The van der Waals surface area contributed by atoms with E-state index in [0.29, 0.717) is 29.5 Å². The summed E-state index contributed by atoms with van der Waals surface area (Å²) in [5, 5.41) is 13.2. The van der Waals surface area contributed by atoms with E-state index in [1.807, 2.05) is 77.9 Å². The third-order valence-corrected chi connectivity index (χ3v) is 8.50. The van der Waals surface area contributed by atoms with Gasteiger partial charge >= 0.3 is 5.97 Å². The standard InChI is InChI=1S/C33H40ClNO5S/c1-8-41(7)35-29-20(2)28(31(32(36)37)40-33(4,5)6)27(24-14-15-26-23(18-24)12-10-16-38-26)21(3)30(29)39-19-22-11-9-13-25(34)17-22/h8-9,11,13-15,17-18,31,35H,10,12,16,19H2,1-7H3,(H,36,37). The molecule has 0 spiro atoms. The van der Waals surface area contributed by atoms with Crippen LogP contribution in [-0.2, 0) is 22.6 Å². The van der Waals surface area contributed by atoms with Gasteiger partial charge in [-0.15, -0.1) is 10.7 Å². The van der Waals surface area contributed by atoms with Crippen LogP contribution in [0.3, 0.4) is 0 Å². The second kappa shape index (κ2) is 12.9. The molecule has 220 valence electrons. The van der Waals surface area contributed by atoms with Gasteiger partial charge in [-0.2, -0.15) is 0 Å². The molecular formula is C33H40ClNO5S. The van der Waals surface area contributed by atoms with Crippen LogP contribution in [-0.4, -0.2) is 34.9 Å². The van der Waals surface area contributed by atoms with Crippen LogP contribution in [0.1, 0.15) is 68.0 Å². The molecule has 0 radical (unpaired) electrons. The van der Waals surface area contributed by atoms with Crippen molar-refractivity contribution >= 4 is 39.3 Å². The zero-order valence-corrected chi connectivity index (χ0v) is 26.5. The number of nitrogens with one attached hydrogen (secondary N) is 1. The molecule has 41 heavy (non-hydrogen) atoms. The lowest BCUT2D eigenvalue weighted by molar-refractivity contribution is -0.160. The number of carbonyl (C=O) groups is 1. The van der Waals surface area contributed by atoms with Crippen LogP contribution < -0.4 is 14.2 Å². The summed E-state index contributed by atoms with van der Waals surface area (Å²) in [6.07, 6.45) is 2.73. The summed E-state index contributed by atoms with van der Waals surface area (Å²) in [5.74, 6) is 0.512. The van der Waals surface area contributed by atoms with Gasteiger partial charge in [0.15, 0.2) is 6.10 Å². The smallest absolute Gasteiger partial charge is 0.337 e. The van der Waals surface area contributed by atoms with Crippen LogP contribution in [0.25, 0.3) is 11.1 Å². The van der Waals surface area contributed by atoms with Gasteiger partial charge in [0, 0.05) is 16.1 Å². The molecule has 6 nitrogen and oxygen atoms in total. The second-order valence-corrected chi connectivity index (χ2v) is 13.5. The summed E-state index contributed by atoms with van der Waals surface area (Å²) in [6.45, 7) is 12.6. The summed E-state index contributed by atoms with van der Waals surface area (Å²) in [6, 6.07) is 13.7. The highest BCUT2D eigenvalue weighted by Gasteiger charge is 2.34. The van der Waals surface area contributed by atoms with Gasteiger partial charge in [-0.3, -0.25) is 0 Å². The highest BCUT2D eigenvalue weighted by molar-refractivity contribution is 8.15. The van der Waals surface area contributed by atoms with Gasteiger partial charge in [-0.1, -0.05) is 29.8 Å². The molecule has 0 bridgehead atoms. The van der Waals surface area contributed by atoms with Crippen molar-refractivity contribution in [2.24, 2.45) is 0 Å². The van der Waals surface area contributed by atoms with Crippen molar-refractivity contribution in [1.29, 1.82) is 0 Å². The van der Waals surface area contributed by atoms with Crippen LogP contribution in [0.15, 0.2) is 42.5 Å². The van der Waals surface area contributed by atoms with Gasteiger partial charge in [0.2, 0.25) is 0 Å². The number of hydrogen-bond donors (Lipinski definition) is 2. The number of carboxylic acids is 1. The Labute approximate surface area is 251 Å². The first kappa shape index (κ1) is 30.9. The van der Waals surface area contributed by atoms with E-state index in [0.717, 1.165) is 57.7 Å². The zero-order valence-electron chi connectivity index (χ0n) is 24.9. The summed E-state index contributed by atoms with van der Waals surface area (Å²) in [5.41, 5.74) is 6.06. The molecule has 0 saturated heterocycles. The average Bonchev–Trinajstić information content (AvgIpc) is 2.92. The molecule has 4 rings (SSSR count). The fourth-order valence-corrected chi connectivity index (χ4v) is 6.00. The molecule has 2 atom stereocenters. The predicted octanol–water partition coefficient (Wildman–Crippen LogP) is 8.52. The lowest BCUT2D eigenvalue weighted by Gasteiger charge is -2.31. The third kappa shape index (κ3) is 7.26. The number of aliphatic carboxylic acids is 1. The number of carboxylic acid groups (broad SMARTS) is 1. The van der Waals surface area contributed by atoms with Gasteiger partial charge in [-0.05, 0) is 118 Å². The van der Waals surface area contributed by atoms with Crippen molar-refractivity contribution in [2.75, 3.05) is 17.6 Å².